The predicted octanol–water partition coefficient (Wildman–Crippen LogP) is 4.56. The number of fused-ring (bicyclic) bond motifs is 7. The van der Waals surface area contributed by atoms with E-state index in [9.17, 15) is 53.1 Å². The summed E-state index contributed by atoms with van der Waals surface area (Å²) in [5, 5.41) is 22.8. The van der Waals surface area contributed by atoms with Crippen LogP contribution >= 0.6 is 0 Å². The molecule has 0 spiro atoms. The molecule has 2 heterocycles. The molecule has 23 nitrogen and oxygen atoms in total. The monoisotopic (exact) mass is 1140 g/mol. The number of carbonyl (C=O) groups is 10. The molecule has 0 aromatic heterocycles. The molecular formula is C59H82N8O15. The maximum absolute atomic E-state index is 14.7. The molecule has 7 rings (SSSR count). The molecule has 0 bridgehead atoms. The van der Waals surface area contributed by atoms with Crippen LogP contribution < -0.4 is 27.0 Å². The van der Waals surface area contributed by atoms with Crippen molar-refractivity contribution in [1.29, 1.82) is 0 Å². The molecule has 2 aliphatic heterocycles. The Hall–Kier alpha value is -6.98. The number of Topliss-reactive ketones (excluding diaryl/α,β-unsaturated/α-hetero) is 1. The number of likely N-dealkylation sites (N-methyl/N-ethyl adjacent to an activating group) is 2. The Morgan fingerprint density at radius 2 is 1.57 bits per heavy atom. The summed E-state index contributed by atoms with van der Waals surface area (Å²) in [6.07, 6.45) is 9.77. The van der Waals surface area contributed by atoms with Crippen LogP contribution in [0.4, 0.5) is 20.1 Å². The average molecular weight is 1140 g/mol. The number of hydrogen-bond acceptors (Lipinski definition) is 15. The molecule has 4 aliphatic carbocycles. The van der Waals surface area contributed by atoms with Crippen molar-refractivity contribution in [3.63, 3.8) is 0 Å². The second-order valence-electron chi connectivity index (χ2n) is 23.5. The van der Waals surface area contributed by atoms with Crippen molar-refractivity contribution in [1.82, 2.24) is 30.7 Å². The number of nitrogens with zero attached hydrogens (tertiary/aromatic N) is 3. The fourth-order valence-electron chi connectivity index (χ4n) is 13.2. The number of allylic oxidation sites excluding steroid dienone is 4. The van der Waals surface area contributed by atoms with Crippen LogP contribution in [0.3, 0.4) is 0 Å². The first kappa shape index (κ1) is 62.6. The summed E-state index contributed by atoms with van der Waals surface area (Å²) in [5.74, 6) is -3.28. The van der Waals surface area contributed by atoms with Gasteiger partial charge < -0.3 is 60.9 Å². The number of rotatable bonds is 26. The lowest BCUT2D eigenvalue weighted by Gasteiger charge is -2.59. The number of ketones is 2. The number of carbonyl (C=O) groups excluding carboxylic acids is 10. The molecule has 448 valence electrons. The van der Waals surface area contributed by atoms with E-state index in [4.69, 9.17) is 24.7 Å². The number of aliphatic hydroxyl groups is 1. The van der Waals surface area contributed by atoms with E-state index >= 15 is 0 Å². The number of urea groups is 1. The molecule has 3 saturated carbocycles. The molecule has 9 amide bonds. The Morgan fingerprint density at radius 3 is 2.23 bits per heavy atom. The summed E-state index contributed by atoms with van der Waals surface area (Å²) in [6, 6.07) is 3.65. The number of nitrogens with two attached hydrogens (primary N) is 1. The number of aliphatic hydroxyl groups excluding tert-OH is 1. The zero-order chi connectivity index (χ0) is 59.7. The van der Waals surface area contributed by atoms with Crippen LogP contribution in [0.25, 0.3) is 0 Å². The molecule has 1 aromatic rings. The number of benzene rings is 1. The van der Waals surface area contributed by atoms with Crippen LogP contribution in [-0.4, -0.2) is 162 Å². The molecule has 82 heavy (non-hydrogen) atoms. The van der Waals surface area contributed by atoms with E-state index in [0.717, 1.165) is 23.3 Å². The maximum Gasteiger partial charge on any atom is 0.409 e. The van der Waals surface area contributed by atoms with E-state index in [0.29, 0.717) is 49.8 Å². The van der Waals surface area contributed by atoms with Crippen molar-refractivity contribution in [2.45, 2.75) is 154 Å². The first-order chi connectivity index (χ1) is 38.9. The van der Waals surface area contributed by atoms with Gasteiger partial charge in [0, 0.05) is 81.3 Å². The number of ether oxygens (including phenoxy) is 4. The van der Waals surface area contributed by atoms with Crippen LogP contribution in [0.1, 0.15) is 117 Å². The number of imide groups is 1. The van der Waals surface area contributed by atoms with Gasteiger partial charge in [-0.25, -0.2) is 14.4 Å². The predicted molar refractivity (Wildman–Crippen MR) is 297 cm³/mol. The SMILES string of the molecule is CCCC1O[C@@H]2CC3[C@@H]4CCC5=CC(=O)C=C[C@]5(C)[C@H]4[C@@H](O)C[C@]3(C)[C@]2(C(=O)COC(=O)N(C)CCN(C)C(=O)OCc2ccc(NC(=O)[C@H](CCCNC(N)=O)NC(=O)[C@@H](NC(=O)CCCCCN3C(=O)C=CC3=O)C(C)C)cc2)O1. The Bertz CT molecular complexity index is 2680. The lowest BCUT2D eigenvalue weighted by Crippen LogP contribution is -2.63. The Kier molecular flexibility index (Phi) is 20.6. The van der Waals surface area contributed by atoms with Gasteiger partial charge in [0.1, 0.15) is 18.7 Å². The zero-order valence-electron chi connectivity index (χ0n) is 48.2. The third-order valence-corrected chi connectivity index (χ3v) is 17.6. The van der Waals surface area contributed by atoms with Gasteiger partial charge in [-0.3, -0.25) is 38.5 Å². The van der Waals surface area contributed by atoms with Crippen LogP contribution in [0.15, 0.2) is 60.2 Å². The quantitative estimate of drug-likeness (QED) is 0.0547. The molecule has 0 radical (unpaired) electrons. The number of hydrogen-bond donors (Lipinski definition) is 6. The lowest BCUT2D eigenvalue weighted by atomic mass is 9.46. The molecule has 23 heteroatoms. The topological polar surface area (TPSA) is 312 Å². The van der Waals surface area contributed by atoms with Crippen molar-refractivity contribution in [2.24, 2.45) is 40.2 Å². The highest BCUT2D eigenvalue weighted by Crippen LogP contribution is 2.69. The van der Waals surface area contributed by atoms with Crippen LogP contribution in [-0.2, 0) is 59.1 Å². The van der Waals surface area contributed by atoms with E-state index < -0.39 is 89.4 Å². The Morgan fingerprint density at radius 1 is 0.890 bits per heavy atom. The van der Waals surface area contributed by atoms with Gasteiger partial charge in [0.05, 0.1) is 12.2 Å². The van der Waals surface area contributed by atoms with Gasteiger partial charge in [-0.15, -0.1) is 0 Å². The average Bonchev–Trinajstić information content (AvgIpc) is 1.55. The van der Waals surface area contributed by atoms with E-state index in [1.165, 1.54) is 36.0 Å². The summed E-state index contributed by atoms with van der Waals surface area (Å²) in [4.78, 5) is 132. The third kappa shape index (κ3) is 13.9. The lowest BCUT2D eigenvalue weighted by molar-refractivity contribution is -0.200. The molecule has 2 unspecified atom stereocenters. The van der Waals surface area contributed by atoms with Gasteiger partial charge in [-0.05, 0) is 105 Å². The first-order valence-electron chi connectivity index (χ1n) is 28.7. The molecule has 4 fully saturated rings. The van der Waals surface area contributed by atoms with E-state index in [1.54, 1.807) is 50.3 Å². The van der Waals surface area contributed by atoms with Crippen LogP contribution in [0, 0.1) is 34.5 Å². The van der Waals surface area contributed by atoms with Crippen LogP contribution in [0.2, 0.25) is 0 Å². The zero-order valence-corrected chi connectivity index (χ0v) is 48.2. The van der Waals surface area contributed by atoms with Crippen molar-refractivity contribution >= 4 is 65.0 Å². The number of primary amides is 1. The summed E-state index contributed by atoms with van der Waals surface area (Å²) < 4.78 is 24.4. The Labute approximate surface area is 478 Å². The van der Waals surface area contributed by atoms with Gasteiger partial charge >= 0.3 is 18.2 Å². The van der Waals surface area contributed by atoms with Gasteiger partial charge in [0.2, 0.25) is 23.5 Å². The summed E-state index contributed by atoms with van der Waals surface area (Å²) in [7, 11) is 2.99. The van der Waals surface area contributed by atoms with Crippen molar-refractivity contribution < 1.29 is 72.0 Å². The number of anilines is 1. The minimum atomic E-state index is -1.46. The maximum atomic E-state index is 14.7. The normalized spacial score (nSPS) is 27.5. The summed E-state index contributed by atoms with van der Waals surface area (Å²) in [6.45, 7) is 9.35. The molecular weight excluding hydrogens is 1060 g/mol. The minimum absolute atomic E-state index is 0.0251. The standard InChI is InChI=1S/C59H82N8O15/c1-8-13-49-81-45-31-41-40-21-18-37-30-39(68)24-25-57(37,4)50(40)43(69)32-58(41,5)59(45,82-49)44(70)34-80-56(78)66(7)29-28-65(6)55(77)79-33-36-16-19-38(20-17-36)62-52(74)42(14-12-26-61-54(60)76)63-53(75)51(35(2)3)64-46(71)15-10-9-11-27-67-47(72)22-23-48(67)73/h16-17,19-20,22-25,30,35,40-43,45,49-51,69H,8-15,18,21,26-29,31-34H2,1-7H3,(H,62,74)(H,63,75)(H,64,71)(H3,60,61,76)/t40-,41?,42-,43-,45+,49?,50+,51-,57-,58-,59+/m0/s1. The molecule has 1 saturated heterocycles. The van der Waals surface area contributed by atoms with E-state index in [2.05, 4.69) is 28.2 Å². The van der Waals surface area contributed by atoms with Gasteiger partial charge in [0.25, 0.3) is 11.8 Å². The molecule has 11 atom stereocenters. The third-order valence-electron chi connectivity index (χ3n) is 17.6. The number of nitrogens with one attached hydrogen (secondary N) is 4. The fourth-order valence-corrected chi connectivity index (χ4v) is 13.2. The highest BCUT2D eigenvalue weighted by molar-refractivity contribution is 6.12. The number of unbranched alkanes of at least 4 members (excludes halogenated alkanes) is 2. The minimum Gasteiger partial charge on any atom is -0.445 e. The van der Waals surface area contributed by atoms with E-state index in [1.807, 2.05) is 19.9 Å². The van der Waals surface area contributed by atoms with Gasteiger partial charge in [-0.2, -0.15) is 0 Å². The second-order valence-corrected chi connectivity index (χ2v) is 23.5. The number of amides is 9. The molecule has 1 aromatic carbocycles. The van der Waals surface area contributed by atoms with Crippen molar-refractivity contribution in [3.05, 3.63) is 65.8 Å². The smallest absolute Gasteiger partial charge is 0.409 e. The Balaban J connectivity index is 0.863. The first-order valence-corrected chi connectivity index (χ1v) is 28.7. The highest BCUT2D eigenvalue weighted by Gasteiger charge is 2.76. The highest BCUT2D eigenvalue weighted by atomic mass is 16.7. The van der Waals surface area contributed by atoms with Gasteiger partial charge in [0.15, 0.2) is 24.3 Å². The van der Waals surface area contributed by atoms with Crippen molar-refractivity contribution in [2.75, 3.05) is 52.2 Å². The largest absolute Gasteiger partial charge is 0.445 e. The summed E-state index contributed by atoms with van der Waals surface area (Å²) in [5.41, 5.74) is 4.39. The summed E-state index contributed by atoms with van der Waals surface area (Å²) >= 11 is 0. The molecule has 6 aliphatic rings. The second kappa shape index (κ2) is 26.9. The van der Waals surface area contributed by atoms with E-state index in [-0.39, 0.29) is 106 Å². The molecule has 7 N–H and O–H groups in total. The van der Waals surface area contributed by atoms with Crippen molar-refractivity contribution in [3.8, 4) is 0 Å². The van der Waals surface area contributed by atoms with Crippen LogP contribution in [0.5, 0.6) is 0 Å². The van der Waals surface area contributed by atoms with Gasteiger partial charge in [-0.1, -0.05) is 71.2 Å². The fraction of sp³-hybridized carbons (Fsp3) is 0.627.